The van der Waals surface area contributed by atoms with Crippen molar-refractivity contribution in [2.24, 2.45) is 10.9 Å². The number of benzene rings is 1. The molecule has 5 nitrogen and oxygen atoms in total. The third kappa shape index (κ3) is 4.46. The molecule has 1 saturated heterocycles. The van der Waals surface area contributed by atoms with E-state index in [1.807, 2.05) is 12.1 Å². The van der Waals surface area contributed by atoms with Gasteiger partial charge in [0.2, 0.25) is 0 Å². The average molecular weight is 345 g/mol. The van der Waals surface area contributed by atoms with E-state index in [2.05, 4.69) is 55.4 Å². The summed E-state index contributed by atoms with van der Waals surface area (Å²) in [6.45, 7) is 12.7. The van der Waals surface area contributed by atoms with E-state index in [0.29, 0.717) is 24.5 Å². The molecule has 1 fully saturated rings. The van der Waals surface area contributed by atoms with Gasteiger partial charge >= 0.3 is 0 Å². The summed E-state index contributed by atoms with van der Waals surface area (Å²) in [4.78, 5) is 7.33. The van der Waals surface area contributed by atoms with Gasteiger partial charge in [-0.2, -0.15) is 0 Å². The molecule has 0 aliphatic carbocycles. The van der Waals surface area contributed by atoms with Crippen LogP contribution in [0.25, 0.3) is 0 Å². The molecular weight excluding hydrogens is 312 g/mol. The Bertz CT molecular complexity index is 576. The van der Waals surface area contributed by atoms with Crippen molar-refractivity contribution in [2.45, 2.75) is 52.3 Å². The predicted molar refractivity (Wildman–Crippen MR) is 103 cm³/mol. The largest absolute Gasteiger partial charge is 0.488 e. The van der Waals surface area contributed by atoms with E-state index in [4.69, 9.17) is 9.73 Å². The van der Waals surface area contributed by atoms with Gasteiger partial charge in [0.15, 0.2) is 5.96 Å². The molecule has 0 spiro atoms. The van der Waals surface area contributed by atoms with Crippen molar-refractivity contribution in [3.8, 4) is 5.75 Å². The van der Waals surface area contributed by atoms with Crippen LogP contribution in [0.2, 0.25) is 0 Å². The number of aliphatic imine (C=N–C) groups is 1. The molecular formula is C20H32N4O. The number of guanidine groups is 1. The van der Waals surface area contributed by atoms with Crippen LogP contribution in [0.1, 0.15) is 33.3 Å². The average Bonchev–Trinajstić information content (AvgIpc) is 3.16. The van der Waals surface area contributed by atoms with Crippen molar-refractivity contribution in [3.05, 3.63) is 29.8 Å². The minimum atomic E-state index is 0.140. The number of nitrogens with zero attached hydrogens (tertiary/aromatic N) is 2. The van der Waals surface area contributed by atoms with Gasteiger partial charge in [-0.15, -0.1) is 0 Å². The van der Waals surface area contributed by atoms with Gasteiger partial charge < -0.3 is 15.4 Å². The molecule has 0 bridgehead atoms. The molecule has 5 heteroatoms. The maximum absolute atomic E-state index is 6.00. The first-order valence-electron chi connectivity index (χ1n) is 9.60. The lowest BCUT2D eigenvalue weighted by molar-refractivity contribution is 0.241. The predicted octanol–water partition coefficient (Wildman–Crippen LogP) is 2.27. The molecule has 0 radical (unpaired) electrons. The van der Waals surface area contributed by atoms with E-state index in [1.54, 1.807) is 0 Å². The molecule has 0 aromatic heterocycles. The summed E-state index contributed by atoms with van der Waals surface area (Å²) < 4.78 is 6.00. The standard InChI is InChI=1S/C20H32N4O/c1-5-21-20(23-18-13-24(14(2)3)12-15(18)4)22-11-17-10-16-8-6-7-9-19(16)25-17/h6-9,14-15,17-18H,5,10-13H2,1-4H3,(H2,21,22,23). The quantitative estimate of drug-likeness (QED) is 0.635. The zero-order valence-electron chi connectivity index (χ0n) is 16.0. The highest BCUT2D eigenvalue weighted by Gasteiger charge is 2.31. The number of nitrogens with one attached hydrogen (secondary N) is 2. The molecule has 2 aliphatic rings. The van der Waals surface area contributed by atoms with Gasteiger partial charge in [-0.3, -0.25) is 4.90 Å². The molecule has 3 unspecified atom stereocenters. The van der Waals surface area contributed by atoms with Gasteiger partial charge in [-0.1, -0.05) is 25.1 Å². The Morgan fingerprint density at radius 2 is 2.12 bits per heavy atom. The van der Waals surface area contributed by atoms with Gasteiger partial charge in [-0.05, 0) is 38.3 Å². The highest BCUT2D eigenvalue weighted by molar-refractivity contribution is 5.80. The van der Waals surface area contributed by atoms with Crippen LogP contribution in [0.5, 0.6) is 5.75 Å². The minimum absolute atomic E-state index is 0.140. The topological polar surface area (TPSA) is 48.9 Å². The molecule has 1 aromatic carbocycles. The van der Waals surface area contributed by atoms with Crippen molar-refractivity contribution >= 4 is 5.96 Å². The summed E-state index contributed by atoms with van der Waals surface area (Å²) >= 11 is 0. The van der Waals surface area contributed by atoms with Crippen LogP contribution < -0.4 is 15.4 Å². The van der Waals surface area contributed by atoms with Gasteiger partial charge in [0.25, 0.3) is 0 Å². The highest BCUT2D eigenvalue weighted by Crippen LogP contribution is 2.28. The second-order valence-electron chi connectivity index (χ2n) is 7.55. The van der Waals surface area contributed by atoms with Crippen LogP contribution in [-0.4, -0.2) is 55.2 Å². The van der Waals surface area contributed by atoms with Crippen molar-refractivity contribution in [1.29, 1.82) is 0 Å². The molecule has 2 aliphatic heterocycles. The second kappa shape index (κ2) is 8.09. The summed E-state index contributed by atoms with van der Waals surface area (Å²) in [6, 6.07) is 9.33. The minimum Gasteiger partial charge on any atom is -0.488 e. The lowest BCUT2D eigenvalue weighted by atomic mass is 10.1. The Balaban J connectivity index is 1.57. The van der Waals surface area contributed by atoms with E-state index >= 15 is 0 Å². The molecule has 3 rings (SSSR count). The smallest absolute Gasteiger partial charge is 0.191 e. The highest BCUT2D eigenvalue weighted by atomic mass is 16.5. The van der Waals surface area contributed by atoms with Crippen molar-refractivity contribution in [3.63, 3.8) is 0 Å². The zero-order valence-corrected chi connectivity index (χ0v) is 16.0. The lowest BCUT2D eigenvalue weighted by Gasteiger charge is -2.22. The summed E-state index contributed by atoms with van der Waals surface area (Å²) in [5, 5.41) is 7.02. The van der Waals surface area contributed by atoms with E-state index < -0.39 is 0 Å². The van der Waals surface area contributed by atoms with E-state index in [-0.39, 0.29) is 6.10 Å². The fraction of sp³-hybridized carbons (Fsp3) is 0.650. The summed E-state index contributed by atoms with van der Waals surface area (Å²) in [6.07, 6.45) is 1.08. The fourth-order valence-corrected chi connectivity index (χ4v) is 3.66. The van der Waals surface area contributed by atoms with Crippen LogP contribution in [-0.2, 0) is 6.42 Å². The number of likely N-dealkylation sites (tertiary alicyclic amines) is 1. The third-order valence-corrected chi connectivity index (χ3v) is 5.20. The van der Waals surface area contributed by atoms with Crippen molar-refractivity contribution < 1.29 is 4.74 Å². The maximum atomic E-state index is 6.00. The summed E-state index contributed by atoms with van der Waals surface area (Å²) in [7, 11) is 0. The molecule has 3 atom stereocenters. The number of hydrogen-bond acceptors (Lipinski definition) is 3. The van der Waals surface area contributed by atoms with Crippen LogP contribution in [0.4, 0.5) is 0 Å². The Kier molecular flexibility index (Phi) is 5.84. The van der Waals surface area contributed by atoms with E-state index in [1.165, 1.54) is 5.56 Å². The molecule has 0 saturated carbocycles. The monoisotopic (exact) mass is 344 g/mol. The van der Waals surface area contributed by atoms with E-state index in [0.717, 1.165) is 37.8 Å². The normalized spacial score (nSPS) is 26.6. The zero-order chi connectivity index (χ0) is 17.8. The number of ether oxygens (including phenoxy) is 1. The maximum Gasteiger partial charge on any atom is 0.191 e. The first kappa shape index (κ1) is 18.1. The molecule has 2 N–H and O–H groups in total. The van der Waals surface area contributed by atoms with E-state index in [9.17, 15) is 0 Å². The van der Waals surface area contributed by atoms with Crippen LogP contribution in [0.15, 0.2) is 29.3 Å². The Morgan fingerprint density at radius 1 is 1.32 bits per heavy atom. The number of para-hydroxylation sites is 1. The molecule has 25 heavy (non-hydrogen) atoms. The lowest BCUT2D eigenvalue weighted by Crippen LogP contribution is -2.47. The second-order valence-corrected chi connectivity index (χ2v) is 7.55. The first-order valence-corrected chi connectivity index (χ1v) is 9.60. The summed E-state index contributed by atoms with van der Waals surface area (Å²) in [5.74, 6) is 2.54. The van der Waals surface area contributed by atoms with Crippen LogP contribution in [0, 0.1) is 5.92 Å². The summed E-state index contributed by atoms with van der Waals surface area (Å²) in [5.41, 5.74) is 1.29. The van der Waals surface area contributed by atoms with Crippen LogP contribution >= 0.6 is 0 Å². The van der Waals surface area contributed by atoms with Crippen molar-refractivity contribution in [2.75, 3.05) is 26.2 Å². The Morgan fingerprint density at radius 3 is 2.80 bits per heavy atom. The fourth-order valence-electron chi connectivity index (χ4n) is 3.66. The Hall–Kier alpha value is -1.75. The van der Waals surface area contributed by atoms with Crippen molar-refractivity contribution in [1.82, 2.24) is 15.5 Å². The first-order chi connectivity index (χ1) is 12.1. The molecule has 1 aromatic rings. The third-order valence-electron chi connectivity index (χ3n) is 5.20. The molecule has 138 valence electrons. The van der Waals surface area contributed by atoms with Gasteiger partial charge in [-0.25, -0.2) is 4.99 Å². The Labute approximate surface area is 151 Å². The molecule has 0 amide bonds. The van der Waals surface area contributed by atoms with Crippen LogP contribution in [0.3, 0.4) is 0 Å². The van der Waals surface area contributed by atoms with Gasteiger partial charge in [0.1, 0.15) is 11.9 Å². The SMILES string of the molecule is CCNC(=NCC1Cc2ccccc2O1)NC1CN(C(C)C)CC1C. The number of hydrogen-bond donors (Lipinski definition) is 2. The number of fused-ring (bicyclic) bond motifs is 1. The van der Waals surface area contributed by atoms with Gasteiger partial charge in [0, 0.05) is 38.1 Å². The van der Waals surface area contributed by atoms with Gasteiger partial charge in [0.05, 0.1) is 6.54 Å². The number of rotatable bonds is 5. The molecule has 2 heterocycles.